The molecule has 0 heterocycles. The first-order chi connectivity index (χ1) is 8.38. The highest BCUT2D eigenvalue weighted by molar-refractivity contribution is 7.89. The summed E-state index contributed by atoms with van der Waals surface area (Å²) >= 11 is 0. The van der Waals surface area contributed by atoms with Gasteiger partial charge in [0.2, 0.25) is 10.0 Å². The maximum Gasteiger partial charge on any atom is 0.293 e. The number of nitrogens with two attached hydrogens (primary N) is 1. The Bertz CT molecular complexity index is 604. The highest BCUT2D eigenvalue weighted by Gasteiger charge is 2.19. The Morgan fingerprint density at radius 3 is 2.72 bits per heavy atom. The van der Waals surface area contributed by atoms with E-state index >= 15 is 0 Å². The molecule has 0 aliphatic heterocycles. The molecule has 1 aromatic rings. The fourth-order valence-electron chi connectivity index (χ4n) is 1.19. The Balaban J connectivity index is 3.07. The lowest BCUT2D eigenvalue weighted by atomic mass is 10.3. The first kappa shape index (κ1) is 14.0. The molecule has 0 saturated carbocycles. The summed E-state index contributed by atoms with van der Waals surface area (Å²) in [4.78, 5) is 9.68. The SMILES string of the molecule is C#CCCNS(=O)(=O)c1ccc(N)c([N+](=O)[O-])c1. The van der Waals surface area contributed by atoms with Crippen LogP contribution in [0.4, 0.5) is 11.4 Å². The standard InChI is InChI=1S/C10H11N3O4S/c1-2-3-6-12-18(16,17)8-4-5-9(11)10(7-8)13(14)15/h1,4-5,7,12H,3,6,11H2. The number of sulfonamides is 1. The first-order valence-electron chi connectivity index (χ1n) is 4.85. The van der Waals surface area contributed by atoms with Gasteiger partial charge >= 0.3 is 0 Å². The van der Waals surface area contributed by atoms with Gasteiger partial charge in [0, 0.05) is 19.0 Å². The molecular weight excluding hydrogens is 258 g/mol. The summed E-state index contributed by atoms with van der Waals surface area (Å²) in [5.74, 6) is 2.28. The number of nitro benzene ring substituents is 1. The van der Waals surface area contributed by atoms with Gasteiger partial charge in [0.25, 0.3) is 5.69 Å². The average molecular weight is 269 g/mol. The van der Waals surface area contributed by atoms with Gasteiger partial charge in [-0.15, -0.1) is 12.3 Å². The molecule has 0 aliphatic rings. The van der Waals surface area contributed by atoms with Crippen LogP contribution in [-0.2, 0) is 10.0 Å². The van der Waals surface area contributed by atoms with Gasteiger partial charge < -0.3 is 5.73 Å². The van der Waals surface area contributed by atoms with Gasteiger partial charge in [0.05, 0.1) is 9.82 Å². The molecule has 7 nitrogen and oxygen atoms in total. The van der Waals surface area contributed by atoms with Crippen molar-refractivity contribution in [2.24, 2.45) is 0 Å². The van der Waals surface area contributed by atoms with E-state index in [2.05, 4.69) is 10.6 Å². The Kier molecular flexibility index (Phi) is 4.25. The van der Waals surface area contributed by atoms with Crippen molar-refractivity contribution in [1.82, 2.24) is 4.72 Å². The van der Waals surface area contributed by atoms with Gasteiger partial charge in [0.1, 0.15) is 5.69 Å². The second kappa shape index (κ2) is 5.48. The number of nitrogens with one attached hydrogen (secondary N) is 1. The molecule has 18 heavy (non-hydrogen) atoms. The maximum atomic E-state index is 11.7. The van der Waals surface area contributed by atoms with Crippen LogP contribution in [0, 0.1) is 22.5 Å². The van der Waals surface area contributed by atoms with Crippen molar-refractivity contribution < 1.29 is 13.3 Å². The third kappa shape index (κ3) is 3.19. The van der Waals surface area contributed by atoms with E-state index in [4.69, 9.17) is 12.2 Å². The number of nitrogens with zero attached hydrogens (tertiary/aromatic N) is 1. The largest absolute Gasteiger partial charge is 0.393 e. The van der Waals surface area contributed by atoms with E-state index in [1.165, 1.54) is 12.1 Å². The van der Waals surface area contributed by atoms with Crippen LogP contribution in [0.3, 0.4) is 0 Å². The van der Waals surface area contributed by atoms with E-state index in [1.807, 2.05) is 0 Å². The van der Waals surface area contributed by atoms with Gasteiger partial charge in [-0.2, -0.15) is 0 Å². The second-order valence-electron chi connectivity index (χ2n) is 3.33. The molecule has 96 valence electrons. The molecule has 0 aromatic heterocycles. The minimum absolute atomic E-state index is 0.0665. The molecule has 1 aromatic carbocycles. The molecule has 0 saturated heterocycles. The van der Waals surface area contributed by atoms with Crippen LogP contribution >= 0.6 is 0 Å². The van der Waals surface area contributed by atoms with Gasteiger partial charge in [-0.25, -0.2) is 13.1 Å². The van der Waals surface area contributed by atoms with Crippen LogP contribution in [0.2, 0.25) is 0 Å². The molecular formula is C10H11N3O4S. The van der Waals surface area contributed by atoms with Crippen LogP contribution in [0.15, 0.2) is 23.1 Å². The highest BCUT2D eigenvalue weighted by Crippen LogP contribution is 2.24. The van der Waals surface area contributed by atoms with Crippen LogP contribution < -0.4 is 10.5 Å². The Labute approximate surface area is 104 Å². The van der Waals surface area contributed by atoms with Crippen molar-refractivity contribution in [2.75, 3.05) is 12.3 Å². The van der Waals surface area contributed by atoms with Crippen molar-refractivity contribution in [3.8, 4) is 12.3 Å². The Morgan fingerprint density at radius 1 is 1.50 bits per heavy atom. The maximum absolute atomic E-state index is 11.7. The molecule has 0 atom stereocenters. The number of hydrogen-bond acceptors (Lipinski definition) is 5. The highest BCUT2D eigenvalue weighted by atomic mass is 32.2. The van der Waals surface area contributed by atoms with E-state index in [-0.39, 0.29) is 23.5 Å². The summed E-state index contributed by atoms with van der Waals surface area (Å²) in [6.45, 7) is 0.0665. The van der Waals surface area contributed by atoms with Crippen LogP contribution in [0.5, 0.6) is 0 Å². The number of terminal acetylenes is 1. The monoisotopic (exact) mass is 269 g/mol. The molecule has 8 heteroatoms. The molecule has 0 aliphatic carbocycles. The van der Waals surface area contributed by atoms with Crippen molar-refractivity contribution in [3.63, 3.8) is 0 Å². The van der Waals surface area contributed by atoms with E-state index in [1.54, 1.807) is 0 Å². The summed E-state index contributed by atoms with van der Waals surface area (Å²) in [5, 5.41) is 10.6. The number of anilines is 1. The minimum Gasteiger partial charge on any atom is -0.393 e. The summed E-state index contributed by atoms with van der Waals surface area (Å²) in [5.41, 5.74) is 4.83. The zero-order valence-electron chi connectivity index (χ0n) is 9.29. The van der Waals surface area contributed by atoms with E-state index in [0.717, 1.165) is 6.07 Å². The van der Waals surface area contributed by atoms with Crippen molar-refractivity contribution in [1.29, 1.82) is 0 Å². The molecule has 0 spiro atoms. The Morgan fingerprint density at radius 2 is 2.17 bits per heavy atom. The minimum atomic E-state index is -3.81. The Hall–Kier alpha value is -2.11. The fraction of sp³-hybridized carbons (Fsp3) is 0.200. The number of rotatable bonds is 5. The van der Waals surface area contributed by atoms with Gasteiger partial charge in [-0.3, -0.25) is 10.1 Å². The molecule has 0 bridgehead atoms. The molecule has 1 rings (SSSR count). The lowest BCUT2D eigenvalue weighted by molar-refractivity contribution is -0.384. The molecule has 0 amide bonds. The molecule has 0 unspecified atom stereocenters. The van der Waals surface area contributed by atoms with Crippen LogP contribution in [0.1, 0.15) is 6.42 Å². The lowest BCUT2D eigenvalue weighted by Crippen LogP contribution is -2.24. The quantitative estimate of drug-likeness (QED) is 0.265. The number of nitrogen functional groups attached to an aromatic ring is 1. The van der Waals surface area contributed by atoms with E-state index < -0.39 is 20.6 Å². The number of benzene rings is 1. The molecule has 0 fully saturated rings. The van der Waals surface area contributed by atoms with Crippen LogP contribution in [0.25, 0.3) is 0 Å². The van der Waals surface area contributed by atoms with Gasteiger partial charge in [-0.1, -0.05) is 0 Å². The van der Waals surface area contributed by atoms with Gasteiger partial charge in [0.15, 0.2) is 0 Å². The van der Waals surface area contributed by atoms with Crippen molar-refractivity contribution in [3.05, 3.63) is 28.3 Å². The topological polar surface area (TPSA) is 115 Å². The number of nitro groups is 1. The third-order valence-electron chi connectivity index (χ3n) is 2.07. The summed E-state index contributed by atoms with van der Waals surface area (Å²) in [7, 11) is -3.81. The van der Waals surface area contributed by atoms with Crippen LogP contribution in [-0.4, -0.2) is 19.9 Å². The second-order valence-corrected chi connectivity index (χ2v) is 5.10. The fourth-order valence-corrected chi connectivity index (χ4v) is 2.24. The van der Waals surface area contributed by atoms with Crippen molar-refractivity contribution in [2.45, 2.75) is 11.3 Å². The summed E-state index contributed by atoms with van der Waals surface area (Å²) < 4.78 is 25.7. The molecule has 3 N–H and O–H groups in total. The smallest absolute Gasteiger partial charge is 0.293 e. The zero-order valence-corrected chi connectivity index (χ0v) is 10.1. The first-order valence-corrected chi connectivity index (χ1v) is 6.34. The van der Waals surface area contributed by atoms with E-state index in [9.17, 15) is 18.5 Å². The summed E-state index contributed by atoms with van der Waals surface area (Å²) in [6, 6.07) is 3.28. The van der Waals surface area contributed by atoms with Gasteiger partial charge in [-0.05, 0) is 12.1 Å². The lowest BCUT2D eigenvalue weighted by Gasteiger charge is -2.05. The molecule has 0 radical (unpaired) electrons. The predicted octanol–water partition coefficient (Wildman–Crippen LogP) is 0.479. The predicted molar refractivity (Wildman–Crippen MR) is 66.1 cm³/mol. The van der Waals surface area contributed by atoms with Crippen molar-refractivity contribution >= 4 is 21.4 Å². The third-order valence-corrected chi connectivity index (χ3v) is 3.53. The average Bonchev–Trinajstić information content (AvgIpc) is 2.29. The normalized spacial score (nSPS) is 10.8. The number of hydrogen-bond donors (Lipinski definition) is 2. The summed E-state index contributed by atoms with van der Waals surface area (Å²) in [6.07, 6.45) is 5.22. The van der Waals surface area contributed by atoms with E-state index in [0.29, 0.717) is 0 Å². The zero-order chi connectivity index (χ0) is 13.8.